The number of benzene rings is 2. The summed E-state index contributed by atoms with van der Waals surface area (Å²) in [5, 5.41) is 14.2. The standard InChI is InChI=1S/C23H21F4N3O3/c1-11-28-8-13-15(6-5-14(24)18(13)29-11)30-20-12-4-7-16-19(33-10-32-16)17(12)21(2,3)9-22(20,31)23(25,26)27/h4-8,20,30-31H,9-10H2,1-3H3/t20-,22-/m0/s1. The summed E-state index contributed by atoms with van der Waals surface area (Å²) in [5.41, 5.74) is -3.30. The number of aliphatic hydroxyl groups is 1. The van der Waals surface area contributed by atoms with E-state index >= 15 is 0 Å². The Morgan fingerprint density at radius 1 is 1.15 bits per heavy atom. The molecule has 1 aliphatic carbocycles. The van der Waals surface area contributed by atoms with Gasteiger partial charge in [-0.05, 0) is 42.5 Å². The van der Waals surface area contributed by atoms with Crippen molar-refractivity contribution in [2.75, 3.05) is 12.1 Å². The number of fused-ring (bicyclic) bond motifs is 4. The van der Waals surface area contributed by atoms with Crippen molar-refractivity contribution in [1.29, 1.82) is 0 Å². The van der Waals surface area contributed by atoms with E-state index in [-0.39, 0.29) is 28.9 Å². The van der Waals surface area contributed by atoms with E-state index in [1.807, 2.05) is 0 Å². The highest BCUT2D eigenvalue weighted by Gasteiger charge is 2.64. The number of nitrogens with one attached hydrogen (secondary N) is 1. The summed E-state index contributed by atoms with van der Waals surface area (Å²) in [6, 6.07) is 3.87. The molecule has 0 unspecified atom stereocenters. The molecule has 1 aromatic heterocycles. The predicted molar refractivity (Wildman–Crippen MR) is 112 cm³/mol. The highest BCUT2D eigenvalue weighted by molar-refractivity contribution is 5.91. The molecule has 0 fully saturated rings. The number of hydrogen-bond donors (Lipinski definition) is 2. The summed E-state index contributed by atoms with van der Waals surface area (Å²) in [7, 11) is 0. The van der Waals surface area contributed by atoms with Crippen LogP contribution in [0.3, 0.4) is 0 Å². The molecule has 0 radical (unpaired) electrons. The molecule has 5 rings (SSSR count). The second kappa shape index (κ2) is 6.93. The molecule has 3 aromatic rings. The van der Waals surface area contributed by atoms with E-state index in [0.29, 0.717) is 22.9 Å². The van der Waals surface area contributed by atoms with E-state index < -0.39 is 35.5 Å². The first-order chi connectivity index (χ1) is 15.4. The van der Waals surface area contributed by atoms with Gasteiger partial charge in [0.25, 0.3) is 0 Å². The van der Waals surface area contributed by atoms with Crippen molar-refractivity contribution >= 4 is 16.6 Å². The smallest absolute Gasteiger partial charge is 0.419 e. The zero-order valence-corrected chi connectivity index (χ0v) is 18.0. The molecule has 0 saturated carbocycles. The minimum Gasteiger partial charge on any atom is -0.454 e. The zero-order chi connectivity index (χ0) is 23.8. The van der Waals surface area contributed by atoms with Gasteiger partial charge < -0.3 is 19.9 Å². The molecule has 0 saturated heterocycles. The van der Waals surface area contributed by atoms with Crippen LogP contribution < -0.4 is 14.8 Å². The Morgan fingerprint density at radius 2 is 1.91 bits per heavy atom. The van der Waals surface area contributed by atoms with Crippen LogP contribution >= 0.6 is 0 Å². The van der Waals surface area contributed by atoms with Crippen LogP contribution in [0.2, 0.25) is 0 Å². The van der Waals surface area contributed by atoms with Gasteiger partial charge in [0.1, 0.15) is 17.2 Å². The highest BCUT2D eigenvalue weighted by atomic mass is 19.4. The molecule has 174 valence electrons. The quantitative estimate of drug-likeness (QED) is 0.525. The number of hydrogen-bond acceptors (Lipinski definition) is 6. The Labute approximate surface area is 186 Å². The summed E-state index contributed by atoms with van der Waals surface area (Å²) in [5.74, 6) is 0.508. The van der Waals surface area contributed by atoms with Crippen molar-refractivity contribution in [2.24, 2.45) is 0 Å². The molecule has 0 spiro atoms. The number of alkyl halides is 3. The van der Waals surface area contributed by atoms with Crippen LogP contribution in [0.1, 0.15) is 43.3 Å². The zero-order valence-electron chi connectivity index (χ0n) is 18.0. The number of ether oxygens (including phenoxy) is 2. The second-order valence-corrected chi connectivity index (χ2v) is 9.10. The molecule has 2 aromatic carbocycles. The van der Waals surface area contributed by atoms with Crippen molar-refractivity contribution in [2.45, 2.75) is 50.4 Å². The maximum atomic E-state index is 14.4. The van der Waals surface area contributed by atoms with E-state index in [1.165, 1.54) is 24.4 Å². The molecule has 10 heteroatoms. The average molecular weight is 463 g/mol. The molecule has 0 amide bonds. The number of nitrogens with zero attached hydrogens (tertiary/aromatic N) is 2. The molecular weight excluding hydrogens is 442 g/mol. The monoisotopic (exact) mass is 463 g/mol. The van der Waals surface area contributed by atoms with Gasteiger partial charge >= 0.3 is 6.18 Å². The molecule has 2 aliphatic rings. The fourth-order valence-corrected chi connectivity index (χ4v) is 4.96. The van der Waals surface area contributed by atoms with Crippen LogP contribution in [0.5, 0.6) is 11.5 Å². The SMILES string of the molecule is Cc1ncc2c(N[C@H]3c4ccc5c(c4C(C)(C)C[C@@]3(O)C(F)(F)F)OCO5)ccc(F)c2n1. The molecule has 1 aliphatic heterocycles. The van der Waals surface area contributed by atoms with Crippen LogP contribution in [-0.2, 0) is 5.41 Å². The molecule has 33 heavy (non-hydrogen) atoms. The first-order valence-electron chi connectivity index (χ1n) is 10.3. The van der Waals surface area contributed by atoms with Crippen molar-refractivity contribution in [1.82, 2.24) is 9.97 Å². The lowest BCUT2D eigenvalue weighted by Gasteiger charge is -2.49. The van der Waals surface area contributed by atoms with Gasteiger partial charge in [-0.25, -0.2) is 14.4 Å². The first-order valence-corrected chi connectivity index (χ1v) is 10.3. The summed E-state index contributed by atoms with van der Waals surface area (Å²) in [4.78, 5) is 8.14. The van der Waals surface area contributed by atoms with Gasteiger partial charge in [0, 0.05) is 22.8 Å². The number of aryl methyl sites for hydroxylation is 1. The fraction of sp³-hybridized carbons (Fsp3) is 0.391. The fourth-order valence-electron chi connectivity index (χ4n) is 4.96. The Kier molecular flexibility index (Phi) is 4.55. The third-order valence-corrected chi connectivity index (χ3v) is 6.36. The van der Waals surface area contributed by atoms with Crippen LogP contribution in [0.25, 0.3) is 10.9 Å². The van der Waals surface area contributed by atoms with Crippen molar-refractivity contribution in [3.8, 4) is 11.5 Å². The number of aromatic nitrogens is 2. The van der Waals surface area contributed by atoms with E-state index in [1.54, 1.807) is 20.8 Å². The normalized spacial score (nSPS) is 23.5. The minimum absolute atomic E-state index is 0.0231. The number of anilines is 1. The maximum absolute atomic E-state index is 14.4. The summed E-state index contributed by atoms with van der Waals surface area (Å²) in [6.45, 7) is 4.81. The van der Waals surface area contributed by atoms with Gasteiger partial charge in [-0.3, -0.25) is 0 Å². The average Bonchev–Trinajstić information content (AvgIpc) is 3.19. The van der Waals surface area contributed by atoms with E-state index in [4.69, 9.17) is 9.47 Å². The largest absolute Gasteiger partial charge is 0.454 e. The summed E-state index contributed by atoms with van der Waals surface area (Å²) < 4.78 is 68.6. The number of rotatable bonds is 2. The van der Waals surface area contributed by atoms with Crippen molar-refractivity contribution < 1.29 is 32.1 Å². The van der Waals surface area contributed by atoms with Gasteiger partial charge in [-0.2, -0.15) is 13.2 Å². The maximum Gasteiger partial charge on any atom is 0.419 e. The van der Waals surface area contributed by atoms with E-state index in [9.17, 15) is 22.7 Å². The molecule has 2 atom stereocenters. The molecule has 2 N–H and O–H groups in total. The lowest BCUT2D eigenvalue weighted by atomic mass is 9.63. The van der Waals surface area contributed by atoms with Crippen molar-refractivity contribution in [3.05, 3.63) is 53.2 Å². The summed E-state index contributed by atoms with van der Waals surface area (Å²) >= 11 is 0. The van der Waals surface area contributed by atoms with E-state index in [0.717, 1.165) is 6.07 Å². The lowest BCUT2D eigenvalue weighted by molar-refractivity contribution is -0.275. The van der Waals surface area contributed by atoms with Crippen LogP contribution in [0, 0.1) is 12.7 Å². The third-order valence-electron chi connectivity index (χ3n) is 6.36. The Bertz CT molecular complexity index is 1280. The van der Waals surface area contributed by atoms with Gasteiger partial charge in [-0.15, -0.1) is 0 Å². The second-order valence-electron chi connectivity index (χ2n) is 9.10. The number of halogens is 4. The Morgan fingerprint density at radius 3 is 2.64 bits per heavy atom. The molecule has 0 bridgehead atoms. The minimum atomic E-state index is -4.96. The predicted octanol–water partition coefficient (Wildman–Crippen LogP) is 4.93. The topological polar surface area (TPSA) is 76.5 Å². The Hall–Kier alpha value is -3.14. The van der Waals surface area contributed by atoms with Crippen LogP contribution in [0.4, 0.5) is 23.2 Å². The van der Waals surface area contributed by atoms with Crippen LogP contribution in [0.15, 0.2) is 30.5 Å². The highest BCUT2D eigenvalue weighted by Crippen LogP contribution is 2.58. The molecular formula is C23H21F4N3O3. The van der Waals surface area contributed by atoms with Gasteiger partial charge in [0.05, 0.1) is 6.04 Å². The van der Waals surface area contributed by atoms with Gasteiger partial charge in [-0.1, -0.05) is 19.9 Å². The first kappa shape index (κ1) is 21.7. The van der Waals surface area contributed by atoms with Crippen LogP contribution in [-0.4, -0.2) is 33.6 Å². The van der Waals surface area contributed by atoms with Gasteiger partial charge in [0.2, 0.25) is 6.79 Å². The molecule has 6 nitrogen and oxygen atoms in total. The molecule has 2 heterocycles. The van der Waals surface area contributed by atoms with Crippen molar-refractivity contribution in [3.63, 3.8) is 0 Å². The Balaban J connectivity index is 1.73. The third kappa shape index (κ3) is 3.18. The van der Waals surface area contributed by atoms with Gasteiger partial charge in [0.15, 0.2) is 17.1 Å². The van der Waals surface area contributed by atoms with E-state index in [2.05, 4.69) is 15.3 Å². The summed E-state index contributed by atoms with van der Waals surface area (Å²) in [6.07, 6.45) is -4.23. The lowest BCUT2D eigenvalue weighted by Crippen LogP contribution is -2.58.